The molecule has 8 nitrogen and oxygen atoms in total. The van der Waals surface area contributed by atoms with Crippen LogP contribution in [0.2, 0.25) is 0 Å². The van der Waals surface area contributed by atoms with E-state index in [9.17, 15) is 14.4 Å². The average Bonchev–Trinajstić information content (AvgIpc) is 3.35. The van der Waals surface area contributed by atoms with Gasteiger partial charge in [0.2, 0.25) is 0 Å². The molecule has 2 aliphatic rings. The third-order valence-electron chi connectivity index (χ3n) is 6.33. The van der Waals surface area contributed by atoms with Gasteiger partial charge in [-0.1, -0.05) is 24.3 Å². The summed E-state index contributed by atoms with van der Waals surface area (Å²) >= 11 is 0. The molecule has 0 radical (unpaired) electrons. The molecule has 2 heterocycles. The van der Waals surface area contributed by atoms with E-state index in [0.29, 0.717) is 40.2 Å². The number of carbonyl (C=O) groups is 3. The topological polar surface area (TPSA) is 94.2 Å². The van der Waals surface area contributed by atoms with Crippen LogP contribution >= 0.6 is 0 Å². The third-order valence-corrected chi connectivity index (χ3v) is 6.33. The van der Waals surface area contributed by atoms with E-state index in [1.807, 2.05) is 31.2 Å². The van der Waals surface area contributed by atoms with Crippen molar-refractivity contribution in [1.29, 1.82) is 0 Å². The van der Waals surface area contributed by atoms with Crippen LogP contribution in [-0.4, -0.2) is 61.3 Å². The van der Waals surface area contributed by atoms with Crippen molar-refractivity contribution < 1.29 is 28.6 Å². The molecule has 0 aliphatic carbocycles. The molecule has 206 valence electrons. The highest BCUT2D eigenvalue weighted by Gasteiger charge is 2.40. The SMILES string of the molecule is CCOC(=O)C1=C(C)NC(CN2CCCC2)=C(C(=O)OCC)C1c1ccccc1C=CC(=O)OC(C)(C)C. The molecule has 3 rings (SSSR count). The smallest absolute Gasteiger partial charge is 0.336 e. The molecule has 0 spiro atoms. The zero-order chi connectivity index (χ0) is 27.9. The molecule has 1 aromatic rings. The lowest BCUT2D eigenvalue weighted by molar-refractivity contribution is -0.148. The van der Waals surface area contributed by atoms with Crippen LogP contribution in [-0.2, 0) is 28.6 Å². The quantitative estimate of drug-likeness (QED) is 0.287. The highest BCUT2D eigenvalue weighted by atomic mass is 16.6. The summed E-state index contributed by atoms with van der Waals surface area (Å²) in [5.74, 6) is -2.22. The highest BCUT2D eigenvalue weighted by molar-refractivity contribution is 6.00. The number of hydrogen-bond acceptors (Lipinski definition) is 8. The molecule has 1 unspecified atom stereocenters. The van der Waals surface area contributed by atoms with Crippen LogP contribution in [0.15, 0.2) is 52.9 Å². The summed E-state index contributed by atoms with van der Waals surface area (Å²) < 4.78 is 16.4. The van der Waals surface area contributed by atoms with Crippen molar-refractivity contribution in [3.63, 3.8) is 0 Å². The number of hydrogen-bond donors (Lipinski definition) is 1. The van der Waals surface area contributed by atoms with Gasteiger partial charge in [0.15, 0.2) is 0 Å². The minimum atomic E-state index is -0.744. The van der Waals surface area contributed by atoms with Crippen LogP contribution in [0.3, 0.4) is 0 Å². The number of ether oxygens (including phenoxy) is 3. The molecule has 0 saturated carbocycles. The van der Waals surface area contributed by atoms with Crippen molar-refractivity contribution in [2.45, 2.75) is 65.9 Å². The average molecular weight is 525 g/mol. The standard InChI is InChI=1S/C30H40N2O6/c1-7-36-28(34)25-20(3)31-23(19-32-17-11-12-18-32)27(29(35)37-8-2)26(25)22-14-10-9-13-21(22)15-16-24(33)38-30(4,5)6/h9-10,13-16,26,31H,7-8,11-12,17-19H2,1-6H3. The monoisotopic (exact) mass is 524 g/mol. The summed E-state index contributed by atoms with van der Waals surface area (Å²) in [5.41, 5.74) is 2.81. The molecule has 1 N–H and O–H groups in total. The summed E-state index contributed by atoms with van der Waals surface area (Å²) in [5, 5.41) is 3.34. The number of carbonyl (C=O) groups excluding carboxylic acids is 3. The van der Waals surface area contributed by atoms with E-state index in [0.717, 1.165) is 25.9 Å². The number of esters is 3. The van der Waals surface area contributed by atoms with E-state index in [1.54, 1.807) is 40.7 Å². The molecule has 1 fully saturated rings. The molecule has 1 aromatic carbocycles. The Labute approximate surface area is 225 Å². The molecule has 38 heavy (non-hydrogen) atoms. The molecule has 0 aromatic heterocycles. The van der Waals surface area contributed by atoms with E-state index in [1.165, 1.54) is 6.08 Å². The van der Waals surface area contributed by atoms with Gasteiger partial charge in [-0.15, -0.1) is 0 Å². The van der Waals surface area contributed by atoms with E-state index in [-0.39, 0.29) is 13.2 Å². The van der Waals surface area contributed by atoms with Gasteiger partial charge in [-0.05, 0) is 84.7 Å². The molecule has 2 aliphatic heterocycles. The van der Waals surface area contributed by atoms with Crippen molar-refractivity contribution in [2.24, 2.45) is 0 Å². The molecule has 0 bridgehead atoms. The van der Waals surface area contributed by atoms with Gasteiger partial charge in [0.25, 0.3) is 0 Å². The number of allylic oxidation sites excluding steroid dienone is 1. The molecule has 0 amide bonds. The molecular formula is C30H40N2O6. The summed E-state index contributed by atoms with van der Waals surface area (Å²) in [6, 6.07) is 7.41. The Morgan fingerprint density at radius 2 is 1.61 bits per heavy atom. The lowest BCUT2D eigenvalue weighted by Crippen LogP contribution is -2.38. The molecular weight excluding hydrogens is 484 g/mol. The predicted octanol–water partition coefficient (Wildman–Crippen LogP) is 4.48. The van der Waals surface area contributed by atoms with Crippen LogP contribution in [0, 0.1) is 0 Å². The number of likely N-dealkylation sites (tertiary alicyclic amines) is 1. The largest absolute Gasteiger partial charge is 0.463 e. The van der Waals surface area contributed by atoms with Gasteiger partial charge in [-0.2, -0.15) is 0 Å². The first kappa shape index (κ1) is 29.2. The minimum absolute atomic E-state index is 0.196. The highest BCUT2D eigenvalue weighted by Crippen LogP contribution is 2.41. The number of benzene rings is 1. The zero-order valence-electron chi connectivity index (χ0n) is 23.4. The summed E-state index contributed by atoms with van der Waals surface area (Å²) in [4.78, 5) is 41.6. The molecule has 1 atom stereocenters. The fraction of sp³-hybridized carbons (Fsp3) is 0.500. The molecule has 8 heteroatoms. The van der Waals surface area contributed by atoms with Gasteiger partial charge in [-0.3, -0.25) is 4.90 Å². The molecule has 1 saturated heterocycles. The maximum atomic E-state index is 13.5. The van der Waals surface area contributed by atoms with E-state index < -0.39 is 29.4 Å². The van der Waals surface area contributed by atoms with Crippen LogP contribution in [0.1, 0.15) is 71.4 Å². The summed E-state index contributed by atoms with van der Waals surface area (Å²) in [6.07, 6.45) is 5.23. The van der Waals surface area contributed by atoms with Gasteiger partial charge in [-0.25, -0.2) is 14.4 Å². The third kappa shape index (κ3) is 7.34. The Bertz CT molecular complexity index is 1140. The predicted molar refractivity (Wildman–Crippen MR) is 146 cm³/mol. The van der Waals surface area contributed by atoms with E-state index in [2.05, 4.69) is 10.2 Å². The maximum absolute atomic E-state index is 13.5. The van der Waals surface area contributed by atoms with Gasteiger partial charge in [0.05, 0.1) is 30.3 Å². The van der Waals surface area contributed by atoms with Crippen molar-refractivity contribution in [1.82, 2.24) is 10.2 Å². The van der Waals surface area contributed by atoms with Crippen molar-refractivity contribution in [3.8, 4) is 0 Å². The second-order valence-corrected chi connectivity index (χ2v) is 10.4. The van der Waals surface area contributed by atoms with E-state index in [4.69, 9.17) is 14.2 Å². The Morgan fingerprint density at radius 1 is 1.00 bits per heavy atom. The second-order valence-electron chi connectivity index (χ2n) is 10.4. The van der Waals surface area contributed by atoms with Gasteiger partial charge < -0.3 is 19.5 Å². The fourth-order valence-electron chi connectivity index (χ4n) is 4.84. The number of nitrogens with one attached hydrogen (secondary N) is 1. The number of rotatable bonds is 9. The van der Waals surface area contributed by atoms with Crippen molar-refractivity contribution >= 4 is 24.0 Å². The Morgan fingerprint density at radius 3 is 2.21 bits per heavy atom. The van der Waals surface area contributed by atoms with Gasteiger partial charge in [0.1, 0.15) is 5.60 Å². The Kier molecular flexibility index (Phi) is 9.91. The van der Waals surface area contributed by atoms with Crippen molar-refractivity contribution in [2.75, 3.05) is 32.8 Å². The number of dihydropyridines is 1. The van der Waals surface area contributed by atoms with Gasteiger partial charge >= 0.3 is 17.9 Å². The van der Waals surface area contributed by atoms with Crippen LogP contribution in [0.5, 0.6) is 0 Å². The van der Waals surface area contributed by atoms with E-state index >= 15 is 0 Å². The lowest BCUT2D eigenvalue weighted by Gasteiger charge is -2.33. The minimum Gasteiger partial charge on any atom is -0.463 e. The summed E-state index contributed by atoms with van der Waals surface area (Å²) in [6.45, 7) is 13.6. The Balaban J connectivity index is 2.17. The Hall–Kier alpha value is -3.39. The first-order valence-electron chi connectivity index (χ1n) is 13.3. The normalized spacial score (nSPS) is 18.5. The number of nitrogens with zero attached hydrogens (tertiary/aromatic N) is 1. The second kappa shape index (κ2) is 12.9. The lowest BCUT2D eigenvalue weighted by atomic mass is 9.78. The zero-order valence-corrected chi connectivity index (χ0v) is 23.4. The van der Waals surface area contributed by atoms with Crippen molar-refractivity contribution in [3.05, 3.63) is 64.0 Å². The maximum Gasteiger partial charge on any atom is 0.336 e. The first-order chi connectivity index (χ1) is 18.1. The van der Waals surface area contributed by atoms with Crippen LogP contribution in [0.4, 0.5) is 0 Å². The van der Waals surface area contributed by atoms with Gasteiger partial charge in [0, 0.05) is 24.0 Å². The fourth-order valence-corrected chi connectivity index (χ4v) is 4.84. The van der Waals surface area contributed by atoms with Crippen LogP contribution in [0.25, 0.3) is 6.08 Å². The summed E-state index contributed by atoms with van der Waals surface area (Å²) in [7, 11) is 0. The first-order valence-corrected chi connectivity index (χ1v) is 13.3. The van der Waals surface area contributed by atoms with Crippen LogP contribution < -0.4 is 5.32 Å².